The highest BCUT2D eigenvalue weighted by molar-refractivity contribution is 7.52. The minimum Gasteiger partial charge on any atom is -0.460 e. The van der Waals surface area contributed by atoms with Crippen LogP contribution in [0.5, 0.6) is 5.75 Å². The fraction of sp³-hybridized carbons (Fsp3) is 0.308. The van der Waals surface area contributed by atoms with Gasteiger partial charge >= 0.3 is 13.7 Å². The number of aliphatic hydroxyl groups excluding tert-OH is 1. The third kappa shape index (κ3) is 6.30. The number of fused-ring (bicyclic) bond motifs is 1. The van der Waals surface area contributed by atoms with Crippen LogP contribution in [-0.4, -0.2) is 55.5 Å². The number of carbonyl (C=O) groups is 1. The van der Waals surface area contributed by atoms with E-state index in [2.05, 4.69) is 20.0 Å². The summed E-state index contributed by atoms with van der Waals surface area (Å²) in [6, 6.07) is 16.5. The molecule has 14 heteroatoms. The Morgan fingerprint density at radius 1 is 1.18 bits per heavy atom. The highest BCUT2D eigenvalue weighted by atomic mass is 31.2. The number of hydrogen-bond acceptors (Lipinski definition) is 11. The molecule has 2 aromatic heterocycles. The van der Waals surface area contributed by atoms with Gasteiger partial charge in [0, 0.05) is 6.42 Å². The Hall–Kier alpha value is -3.87. The molecule has 3 heterocycles. The molecule has 40 heavy (non-hydrogen) atoms. The number of benzene rings is 2. The van der Waals surface area contributed by atoms with E-state index >= 15 is 0 Å². The van der Waals surface area contributed by atoms with E-state index in [1.54, 1.807) is 34.9 Å². The number of imidazole rings is 1. The largest absolute Gasteiger partial charge is 0.460 e. The molecule has 0 bridgehead atoms. The van der Waals surface area contributed by atoms with Crippen molar-refractivity contribution in [2.45, 2.75) is 44.4 Å². The van der Waals surface area contributed by atoms with Crippen LogP contribution in [0.2, 0.25) is 0 Å². The number of nitrogens with one attached hydrogen (secondary N) is 1. The average Bonchev–Trinajstić information content (AvgIpc) is 3.57. The van der Waals surface area contributed by atoms with E-state index < -0.39 is 38.2 Å². The third-order valence-electron chi connectivity index (χ3n) is 6.18. The minimum atomic E-state index is -4.25. The molecule has 5 atom stereocenters. The SMILES string of the molecule is C[C@H](NP(=O)(Oc1ccccc1)O[C@H]1C[C@@H](CO)O[C@H]1n1cnc2c(N)ncnc21)C(=O)OCc1ccccc1. The second-order valence-electron chi connectivity index (χ2n) is 9.14. The van der Waals surface area contributed by atoms with Crippen LogP contribution >= 0.6 is 7.75 Å². The molecule has 1 fully saturated rings. The van der Waals surface area contributed by atoms with Crippen molar-refractivity contribution in [3.05, 3.63) is 78.9 Å². The standard InChI is InChI=1S/C26H29N6O7P/c1-17(26(34)36-14-18-8-4-2-5-9-18)31-40(35,38-19-10-6-3-7-11-19)39-21-12-20(13-33)37-25(21)32-16-30-22-23(27)28-15-29-24(22)32/h2-11,15-17,20-21,25,33H,12-14H2,1H3,(H,31,35)(H2,27,28,29)/t17-,20-,21-,25+,40?/m0/s1. The fourth-order valence-corrected chi connectivity index (χ4v) is 5.93. The first kappa shape index (κ1) is 27.7. The summed E-state index contributed by atoms with van der Waals surface area (Å²) in [7, 11) is -4.25. The summed E-state index contributed by atoms with van der Waals surface area (Å²) >= 11 is 0. The molecule has 4 N–H and O–H groups in total. The summed E-state index contributed by atoms with van der Waals surface area (Å²) < 4.78 is 39.1. The normalized spacial score (nSPS) is 21.1. The number of nitrogens with two attached hydrogens (primary N) is 1. The molecule has 1 aliphatic heterocycles. The molecule has 0 saturated carbocycles. The first-order chi connectivity index (χ1) is 19.3. The molecule has 2 aromatic carbocycles. The molecule has 0 spiro atoms. The van der Waals surface area contributed by atoms with E-state index in [9.17, 15) is 14.5 Å². The minimum absolute atomic E-state index is 0.0474. The second kappa shape index (κ2) is 12.1. The van der Waals surface area contributed by atoms with E-state index in [1.807, 2.05) is 30.3 Å². The second-order valence-corrected chi connectivity index (χ2v) is 10.8. The number of anilines is 1. The van der Waals surface area contributed by atoms with Crippen LogP contribution in [-0.2, 0) is 30.0 Å². The highest BCUT2D eigenvalue weighted by Gasteiger charge is 2.44. The molecule has 0 amide bonds. The maximum absolute atomic E-state index is 14.2. The van der Waals surface area contributed by atoms with Crippen molar-refractivity contribution >= 4 is 30.7 Å². The topological polar surface area (TPSA) is 173 Å². The lowest BCUT2D eigenvalue weighted by Crippen LogP contribution is -2.36. The lowest BCUT2D eigenvalue weighted by molar-refractivity contribution is -0.146. The van der Waals surface area contributed by atoms with Gasteiger partial charge in [0.2, 0.25) is 0 Å². The van der Waals surface area contributed by atoms with Crippen LogP contribution in [0.1, 0.15) is 25.1 Å². The van der Waals surface area contributed by atoms with Gasteiger partial charge in [0.15, 0.2) is 17.7 Å². The van der Waals surface area contributed by atoms with Crippen molar-refractivity contribution in [1.29, 1.82) is 0 Å². The number of para-hydroxylation sites is 1. The number of rotatable bonds is 11. The Bertz CT molecular complexity index is 1490. The molecule has 4 aromatic rings. The van der Waals surface area contributed by atoms with Gasteiger partial charge in [0.25, 0.3) is 0 Å². The monoisotopic (exact) mass is 568 g/mol. The first-order valence-corrected chi connectivity index (χ1v) is 14.1. The Balaban J connectivity index is 1.38. The number of aliphatic hydroxyl groups is 1. The van der Waals surface area contributed by atoms with Crippen LogP contribution in [0.4, 0.5) is 5.82 Å². The van der Waals surface area contributed by atoms with Crippen molar-refractivity contribution < 1.29 is 33.0 Å². The number of carbonyl (C=O) groups excluding carboxylic acids is 1. The van der Waals surface area contributed by atoms with Gasteiger partial charge in [-0.15, -0.1) is 0 Å². The smallest absolute Gasteiger partial charge is 0.459 e. The zero-order valence-corrected chi connectivity index (χ0v) is 22.5. The van der Waals surface area contributed by atoms with E-state index in [0.29, 0.717) is 11.2 Å². The molecular formula is C26H29N6O7P. The van der Waals surface area contributed by atoms with Gasteiger partial charge in [-0.1, -0.05) is 48.5 Å². The molecule has 210 valence electrons. The molecule has 0 radical (unpaired) electrons. The molecule has 5 rings (SSSR count). The van der Waals surface area contributed by atoms with Crippen LogP contribution in [0.3, 0.4) is 0 Å². The van der Waals surface area contributed by atoms with Crippen LogP contribution in [0, 0.1) is 0 Å². The summed E-state index contributed by atoms with van der Waals surface area (Å²) in [6.07, 6.45) is 0.476. The van der Waals surface area contributed by atoms with Gasteiger partial charge in [-0.2, -0.15) is 5.09 Å². The maximum atomic E-state index is 14.2. The Morgan fingerprint density at radius 3 is 2.62 bits per heavy atom. The third-order valence-corrected chi connectivity index (χ3v) is 7.89. The van der Waals surface area contributed by atoms with Gasteiger partial charge in [-0.25, -0.2) is 19.5 Å². The summed E-state index contributed by atoms with van der Waals surface area (Å²) in [5.74, 6) is -0.212. The predicted octanol–water partition coefficient (Wildman–Crippen LogP) is 2.98. The Morgan fingerprint density at radius 2 is 1.90 bits per heavy atom. The number of nitrogens with zero attached hydrogens (tertiary/aromatic N) is 4. The zero-order chi connectivity index (χ0) is 28.1. The predicted molar refractivity (Wildman–Crippen MR) is 144 cm³/mol. The maximum Gasteiger partial charge on any atom is 0.459 e. The van der Waals surface area contributed by atoms with Gasteiger partial charge < -0.3 is 24.8 Å². The summed E-state index contributed by atoms with van der Waals surface area (Å²) in [5.41, 5.74) is 7.46. The fourth-order valence-electron chi connectivity index (χ4n) is 4.25. The van der Waals surface area contributed by atoms with Crippen LogP contribution < -0.4 is 15.3 Å². The van der Waals surface area contributed by atoms with Crippen molar-refractivity contribution in [2.24, 2.45) is 0 Å². The van der Waals surface area contributed by atoms with Gasteiger partial charge in [0.05, 0.1) is 19.0 Å². The van der Waals surface area contributed by atoms with Crippen molar-refractivity contribution in [2.75, 3.05) is 12.3 Å². The molecule has 1 unspecified atom stereocenters. The molecular weight excluding hydrogens is 539 g/mol. The Kier molecular flexibility index (Phi) is 8.38. The molecule has 1 aliphatic rings. The number of hydrogen-bond donors (Lipinski definition) is 3. The highest BCUT2D eigenvalue weighted by Crippen LogP contribution is 2.50. The van der Waals surface area contributed by atoms with Crippen LogP contribution in [0.15, 0.2) is 73.3 Å². The van der Waals surface area contributed by atoms with Crippen LogP contribution in [0.25, 0.3) is 11.2 Å². The number of esters is 1. The lowest BCUT2D eigenvalue weighted by Gasteiger charge is -2.27. The molecule has 13 nitrogen and oxygen atoms in total. The van der Waals surface area contributed by atoms with E-state index in [-0.39, 0.29) is 31.2 Å². The molecule has 0 aliphatic carbocycles. The average molecular weight is 569 g/mol. The number of ether oxygens (including phenoxy) is 2. The van der Waals surface area contributed by atoms with E-state index in [0.717, 1.165) is 5.56 Å². The van der Waals surface area contributed by atoms with Crippen molar-refractivity contribution in [1.82, 2.24) is 24.6 Å². The van der Waals surface area contributed by atoms with Gasteiger partial charge in [-0.05, 0) is 24.6 Å². The van der Waals surface area contributed by atoms with Gasteiger partial charge in [0.1, 0.15) is 36.3 Å². The van der Waals surface area contributed by atoms with E-state index in [4.69, 9.17) is 24.3 Å². The first-order valence-electron chi connectivity index (χ1n) is 12.6. The zero-order valence-electron chi connectivity index (χ0n) is 21.6. The van der Waals surface area contributed by atoms with Crippen molar-refractivity contribution in [3.8, 4) is 5.75 Å². The quantitative estimate of drug-likeness (QED) is 0.179. The summed E-state index contributed by atoms with van der Waals surface area (Å²) in [4.78, 5) is 25.3. The summed E-state index contributed by atoms with van der Waals surface area (Å²) in [5, 5.41) is 12.5. The lowest BCUT2D eigenvalue weighted by atomic mass is 10.2. The van der Waals surface area contributed by atoms with Crippen molar-refractivity contribution in [3.63, 3.8) is 0 Å². The molecule has 1 saturated heterocycles. The Labute approximate surface area is 229 Å². The van der Waals surface area contributed by atoms with E-state index in [1.165, 1.54) is 19.6 Å². The summed E-state index contributed by atoms with van der Waals surface area (Å²) in [6.45, 7) is 1.24. The number of nitrogen functional groups attached to an aromatic ring is 1. The number of aromatic nitrogens is 4. The van der Waals surface area contributed by atoms with Gasteiger partial charge in [-0.3, -0.25) is 13.9 Å².